The fraction of sp³-hybridized carbons (Fsp3) is 1.00. The number of rotatable bonds is 1. The normalized spacial score (nSPS) is 42.3. The van der Waals surface area contributed by atoms with Gasteiger partial charge in [0.25, 0.3) is 0 Å². The molecule has 3 aliphatic rings. The Hall–Kier alpha value is 0. The van der Waals surface area contributed by atoms with Gasteiger partial charge in [0.05, 0.1) is 0 Å². The van der Waals surface area contributed by atoms with E-state index in [2.05, 4.69) is 27.7 Å². The predicted molar refractivity (Wildman–Crippen MR) is 89.8 cm³/mol. The first-order valence-electron chi connectivity index (χ1n) is 9.54. The van der Waals surface area contributed by atoms with Gasteiger partial charge in [0.2, 0.25) is 0 Å². The highest BCUT2D eigenvalue weighted by Gasteiger charge is 2.34. The van der Waals surface area contributed by atoms with Crippen molar-refractivity contribution in [3.05, 3.63) is 0 Å². The van der Waals surface area contributed by atoms with Gasteiger partial charge in [0, 0.05) is 0 Å². The van der Waals surface area contributed by atoms with Gasteiger partial charge in [-0.3, -0.25) is 0 Å². The quantitative estimate of drug-likeness (QED) is 0.469. The highest BCUT2D eigenvalue weighted by atomic mass is 14.4. The molecule has 118 valence electrons. The molecular weight excluding hydrogens is 240 g/mol. The van der Waals surface area contributed by atoms with Crippen molar-refractivity contribution >= 4 is 0 Å². The first kappa shape index (κ1) is 16.4. The van der Waals surface area contributed by atoms with Crippen LogP contribution in [0.3, 0.4) is 0 Å². The zero-order valence-electron chi connectivity index (χ0n) is 14.5. The minimum Gasteiger partial charge on any atom is -0.0625 e. The van der Waals surface area contributed by atoms with Gasteiger partial charge in [0.1, 0.15) is 0 Å². The lowest BCUT2D eigenvalue weighted by molar-refractivity contribution is 0.308. The Morgan fingerprint density at radius 2 is 0.750 bits per heavy atom. The maximum Gasteiger partial charge on any atom is -0.0381 e. The van der Waals surface area contributed by atoms with Crippen molar-refractivity contribution in [3.8, 4) is 0 Å². The Morgan fingerprint density at radius 1 is 0.400 bits per heavy atom. The summed E-state index contributed by atoms with van der Waals surface area (Å²) in [6.45, 7) is 9.64. The van der Waals surface area contributed by atoms with E-state index in [1.807, 2.05) is 0 Å². The van der Waals surface area contributed by atoms with Crippen LogP contribution in [0.2, 0.25) is 0 Å². The van der Waals surface area contributed by atoms with E-state index < -0.39 is 0 Å². The van der Waals surface area contributed by atoms with E-state index in [4.69, 9.17) is 0 Å². The molecule has 0 aromatic heterocycles. The van der Waals surface area contributed by atoms with Crippen LogP contribution in [0.4, 0.5) is 0 Å². The molecule has 0 heterocycles. The van der Waals surface area contributed by atoms with Crippen molar-refractivity contribution in [1.29, 1.82) is 0 Å². The summed E-state index contributed by atoms with van der Waals surface area (Å²) >= 11 is 0. The van der Waals surface area contributed by atoms with Crippen LogP contribution in [0, 0.1) is 35.5 Å². The molecule has 0 saturated heterocycles. The van der Waals surface area contributed by atoms with Gasteiger partial charge >= 0.3 is 0 Å². The molecule has 0 aromatic rings. The van der Waals surface area contributed by atoms with Crippen LogP contribution in [0.5, 0.6) is 0 Å². The Bertz CT molecular complexity index is 235. The maximum atomic E-state index is 2.45. The average molecular weight is 279 g/mol. The second-order valence-electron chi connectivity index (χ2n) is 8.72. The van der Waals surface area contributed by atoms with Crippen LogP contribution in [-0.2, 0) is 0 Å². The van der Waals surface area contributed by atoms with E-state index in [1.54, 1.807) is 12.8 Å². The maximum absolute atomic E-state index is 2.45. The fourth-order valence-electron chi connectivity index (χ4n) is 4.31. The smallest absolute Gasteiger partial charge is 0.0381 e. The lowest BCUT2D eigenvalue weighted by atomic mass is 9.84. The Balaban J connectivity index is 0.000000160. The van der Waals surface area contributed by atoms with Crippen molar-refractivity contribution in [2.75, 3.05) is 0 Å². The third kappa shape index (κ3) is 5.78. The van der Waals surface area contributed by atoms with Gasteiger partial charge in [-0.2, -0.15) is 0 Å². The third-order valence-corrected chi connectivity index (χ3v) is 6.16. The lowest BCUT2D eigenvalue weighted by Gasteiger charge is -2.22. The zero-order chi connectivity index (χ0) is 14.5. The van der Waals surface area contributed by atoms with Crippen molar-refractivity contribution < 1.29 is 0 Å². The molecule has 20 heavy (non-hydrogen) atoms. The third-order valence-electron chi connectivity index (χ3n) is 6.16. The molecule has 0 aliphatic heterocycles. The molecule has 0 radical (unpaired) electrons. The molecule has 0 nitrogen and oxygen atoms in total. The van der Waals surface area contributed by atoms with Crippen molar-refractivity contribution in [1.82, 2.24) is 0 Å². The fourth-order valence-corrected chi connectivity index (χ4v) is 4.31. The van der Waals surface area contributed by atoms with Crippen LogP contribution < -0.4 is 0 Å². The van der Waals surface area contributed by atoms with Gasteiger partial charge in [0.15, 0.2) is 0 Å². The van der Waals surface area contributed by atoms with E-state index in [9.17, 15) is 0 Å². The molecular formula is C20H38. The summed E-state index contributed by atoms with van der Waals surface area (Å²) < 4.78 is 0. The number of hydrogen-bond donors (Lipinski definition) is 0. The van der Waals surface area contributed by atoms with Gasteiger partial charge in [-0.15, -0.1) is 0 Å². The van der Waals surface area contributed by atoms with Crippen LogP contribution in [0.1, 0.15) is 91.9 Å². The lowest BCUT2D eigenvalue weighted by Crippen LogP contribution is -2.08. The molecule has 2 atom stereocenters. The Labute approximate surface area is 128 Å². The van der Waals surface area contributed by atoms with Crippen molar-refractivity contribution in [2.45, 2.75) is 91.9 Å². The highest BCUT2D eigenvalue weighted by Crippen LogP contribution is 2.45. The molecule has 0 N–H and O–H groups in total. The minimum atomic E-state index is 1.01. The highest BCUT2D eigenvalue weighted by molar-refractivity contribution is 4.85. The van der Waals surface area contributed by atoms with Gasteiger partial charge < -0.3 is 0 Å². The van der Waals surface area contributed by atoms with Crippen LogP contribution in [0.25, 0.3) is 0 Å². The van der Waals surface area contributed by atoms with E-state index in [0.717, 1.165) is 35.5 Å². The SMILES string of the molecule is CC1CCC(C)CC(C2CC2)C1.CC1CCC(C)CC1. The molecule has 3 fully saturated rings. The summed E-state index contributed by atoms with van der Waals surface area (Å²) in [5.41, 5.74) is 0. The van der Waals surface area contributed by atoms with E-state index in [0.29, 0.717) is 0 Å². The molecule has 0 spiro atoms. The molecule has 3 aliphatic carbocycles. The van der Waals surface area contributed by atoms with Gasteiger partial charge in [-0.05, 0) is 61.2 Å². The molecule has 2 unspecified atom stereocenters. The Morgan fingerprint density at radius 3 is 1.10 bits per heavy atom. The molecule has 0 amide bonds. The average Bonchev–Trinajstić information content (AvgIpc) is 3.24. The molecule has 0 heteroatoms. The monoisotopic (exact) mass is 278 g/mol. The van der Waals surface area contributed by atoms with Crippen LogP contribution >= 0.6 is 0 Å². The summed E-state index contributed by atoms with van der Waals surface area (Å²) in [4.78, 5) is 0. The molecule has 0 bridgehead atoms. The summed E-state index contributed by atoms with van der Waals surface area (Å²) in [5, 5.41) is 0. The van der Waals surface area contributed by atoms with E-state index in [1.165, 1.54) is 51.4 Å². The second kappa shape index (κ2) is 7.85. The predicted octanol–water partition coefficient (Wildman–Crippen LogP) is 6.69. The molecule has 3 saturated carbocycles. The van der Waals surface area contributed by atoms with E-state index in [-0.39, 0.29) is 0 Å². The van der Waals surface area contributed by atoms with Crippen LogP contribution in [0.15, 0.2) is 0 Å². The topological polar surface area (TPSA) is 0 Å². The minimum absolute atomic E-state index is 1.01. The first-order chi connectivity index (χ1) is 9.54. The summed E-state index contributed by atoms with van der Waals surface area (Å²) in [7, 11) is 0. The number of hydrogen-bond acceptors (Lipinski definition) is 0. The van der Waals surface area contributed by atoms with Crippen molar-refractivity contribution in [3.63, 3.8) is 0 Å². The largest absolute Gasteiger partial charge is 0.0625 e. The van der Waals surface area contributed by atoms with E-state index >= 15 is 0 Å². The molecule has 3 rings (SSSR count). The summed E-state index contributed by atoms with van der Waals surface area (Å²) in [6, 6.07) is 0. The standard InChI is InChI=1S/C12H22.C8H16/c1-9-3-4-10(2)8-12(7-9)11-5-6-11;1-7-3-5-8(2)6-4-7/h9-12H,3-8H2,1-2H3;7-8H,3-6H2,1-2H3. The van der Waals surface area contributed by atoms with Gasteiger partial charge in [-0.25, -0.2) is 0 Å². The summed E-state index contributed by atoms with van der Waals surface area (Å²) in [5.74, 6) is 6.32. The Kier molecular flexibility index (Phi) is 6.43. The molecule has 0 aromatic carbocycles. The van der Waals surface area contributed by atoms with Gasteiger partial charge in [-0.1, -0.05) is 66.2 Å². The van der Waals surface area contributed by atoms with Crippen molar-refractivity contribution in [2.24, 2.45) is 35.5 Å². The first-order valence-corrected chi connectivity index (χ1v) is 9.54. The zero-order valence-corrected chi connectivity index (χ0v) is 14.5. The summed E-state index contributed by atoms with van der Waals surface area (Å²) in [6.07, 6.45) is 15.0. The van der Waals surface area contributed by atoms with Crippen LogP contribution in [-0.4, -0.2) is 0 Å². The second-order valence-corrected chi connectivity index (χ2v) is 8.72.